The number of carbonyl (C=O) groups is 1. The number of nitriles is 1. The zero-order chi connectivity index (χ0) is 21.8. The van der Waals surface area contributed by atoms with Gasteiger partial charge in [0.15, 0.2) is 0 Å². The van der Waals surface area contributed by atoms with Crippen LogP contribution in [0.4, 0.5) is 5.82 Å². The third kappa shape index (κ3) is 4.49. The van der Waals surface area contributed by atoms with Crippen molar-refractivity contribution in [3.05, 3.63) is 53.7 Å². The largest absolute Gasteiger partial charge is 0.497 e. The first kappa shape index (κ1) is 21.1. The van der Waals surface area contributed by atoms with Crippen LogP contribution in [-0.2, 0) is 4.79 Å². The Morgan fingerprint density at radius 1 is 1.29 bits per heavy atom. The smallest absolute Gasteiger partial charge is 0.222 e. The molecule has 2 saturated heterocycles. The maximum Gasteiger partial charge on any atom is 0.222 e. The number of fused-ring (bicyclic) bond motifs is 2. The quantitative estimate of drug-likeness (QED) is 0.741. The first-order valence-electron chi connectivity index (χ1n) is 10.8. The van der Waals surface area contributed by atoms with Gasteiger partial charge in [0.1, 0.15) is 17.6 Å². The van der Waals surface area contributed by atoms with Gasteiger partial charge in [0.25, 0.3) is 0 Å². The molecular formula is C24H28N4O3. The number of aliphatic hydroxyl groups excluding tert-OH is 1. The summed E-state index contributed by atoms with van der Waals surface area (Å²) in [7, 11) is 1.62. The van der Waals surface area contributed by atoms with Crippen molar-refractivity contribution < 1.29 is 14.6 Å². The fourth-order valence-corrected chi connectivity index (χ4v) is 4.80. The minimum atomic E-state index is -0.0834. The Labute approximate surface area is 182 Å². The number of likely N-dealkylation sites (tertiary alicyclic amines) is 1. The number of aliphatic hydroxyl groups is 1. The Morgan fingerprint density at radius 2 is 2.06 bits per heavy atom. The average molecular weight is 421 g/mol. The average Bonchev–Trinajstić information content (AvgIpc) is 3.08. The monoisotopic (exact) mass is 420 g/mol. The summed E-state index contributed by atoms with van der Waals surface area (Å²) in [5, 5.41) is 18.8. The normalized spacial score (nSPS) is 20.9. The number of piperazine rings is 1. The van der Waals surface area contributed by atoms with Crippen LogP contribution in [0.5, 0.6) is 5.75 Å². The number of hydrogen-bond donors (Lipinski definition) is 1. The van der Waals surface area contributed by atoms with Gasteiger partial charge in [0, 0.05) is 50.3 Å². The van der Waals surface area contributed by atoms with E-state index in [2.05, 4.69) is 16.0 Å². The lowest BCUT2D eigenvalue weighted by molar-refractivity contribution is -0.132. The molecule has 1 aromatic heterocycles. The number of nitrogens with zero attached hydrogens (tertiary/aromatic N) is 4. The van der Waals surface area contributed by atoms with Gasteiger partial charge in [-0.15, -0.1) is 0 Å². The molecule has 2 aliphatic rings. The summed E-state index contributed by atoms with van der Waals surface area (Å²) in [6, 6.07) is 14.0. The molecule has 7 heteroatoms. The van der Waals surface area contributed by atoms with Gasteiger partial charge in [0.05, 0.1) is 12.7 Å². The molecular weight excluding hydrogens is 392 g/mol. The fraction of sp³-hybridized carbons (Fsp3) is 0.458. The van der Waals surface area contributed by atoms with Crippen LogP contribution >= 0.6 is 0 Å². The number of pyridine rings is 1. The molecule has 2 bridgehead atoms. The molecule has 4 rings (SSSR count). The van der Waals surface area contributed by atoms with E-state index in [-0.39, 0.29) is 30.5 Å². The van der Waals surface area contributed by atoms with Gasteiger partial charge in [-0.1, -0.05) is 12.1 Å². The summed E-state index contributed by atoms with van der Waals surface area (Å²) in [5.74, 6) is 1.70. The number of hydrogen-bond acceptors (Lipinski definition) is 6. The van der Waals surface area contributed by atoms with Crippen LogP contribution in [0.2, 0.25) is 0 Å². The standard InChI is InChI=1S/C24H28N4O3/c1-31-22-4-2-3-18(11-22)19(16-29)6-10-24(30)27-14-20-7-8-21(15-27)28(20)23-9-5-17(12-25)13-26-23/h2-5,9,11,13,19-21,29H,6-8,10,14-16H2,1H3/t19-,20?,21?/m0/s1. The zero-order valence-corrected chi connectivity index (χ0v) is 17.8. The van der Waals surface area contributed by atoms with Crippen molar-refractivity contribution in [1.82, 2.24) is 9.88 Å². The van der Waals surface area contributed by atoms with E-state index in [4.69, 9.17) is 10.00 Å². The van der Waals surface area contributed by atoms with E-state index in [1.165, 1.54) is 0 Å². The second kappa shape index (κ2) is 9.36. The molecule has 0 spiro atoms. The van der Waals surface area contributed by atoms with Crippen LogP contribution in [0.3, 0.4) is 0 Å². The number of ether oxygens (including phenoxy) is 1. The van der Waals surface area contributed by atoms with E-state index in [0.29, 0.717) is 31.5 Å². The Bertz CT molecular complexity index is 942. The Hall–Kier alpha value is -3.11. The summed E-state index contributed by atoms with van der Waals surface area (Å²) in [4.78, 5) is 21.7. The van der Waals surface area contributed by atoms with Crippen molar-refractivity contribution in [2.45, 2.75) is 43.7 Å². The van der Waals surface area contributed by atoms with Gasteiger partial charge in [-0.3, -0.25) is 4.79 Å². The highest BCUT2D eigenvalue weighted by atomic mass is 16.5. The minimum Gasteiger partial charge on any atom is -0.497 e. The maximum absolute atomic E-state index is 13.0. The van der Waals surface area contributed by atoms with Crippen LogP contribution in [0.1, 0.15) is 42.7 Å². The molecule has 0 saturated carbocycles. The number of methoxy groups -OCH3 is 1. The number of aromatic nitrogens is 1. The van der Waals surface area contributed by atoms with Crippen molar-refractivity contribution >= 4 is 11.7 Å². The van der Waals surface area contributed by atoms with Crippen molar-refractivity contribution in [3.8, 4) is 11.8 Å². The van der Waals surface area contributed by atoms with Gasteiger partial charge in [-0.05, 0) is 49.1 Å². The van der Waals surface area contributed by atoms with E-state index in [1.54, 1.807) is 19.4 Å². The predicted molar refractivity (Wildman–Crippen MR) is 117 cm³/mol. The van der Waals surface area contributed by atoms with E-state index in [0.717, 1.165) is 30.0 Å². The molecule has 2 unspecified atom stereocenters. The number of benzene rings is 1. The van der Waals surface area contributed by atoms with Crippen LogP contribution in [-0.4, -0.2) is 59.8 Å². The van der Waals surface area contributed by atoms with E-state index in [1.807, 2.05) is 35.2 Å². The Balaban J connectivity index is 1.36. The maximum atomic E-state index is 13.0. The number of rotatable bonds is 7. The highest BCUT2D eigenvalue weighted by molar-refractivity contribution is 5.77. The third-order valence-electron chi connectivity index (χ3n) is 6.47. The lowest BCUT2D eigenvalue weighted by Gasteiger charge is -2.42. The molecule has 3 heterocycles. The van der Waals surface area contributed by atoms with Crippen LogP contribution in [0.25, 0.3) is 0 Å². The SMILES string of the molecule is COc1cccc([C@H](CO)CCC(=O)N2CC3CCC(C2)N3c2ccc(C#N)cn2)c1. The van der Waals surface area contributed by atoms with E-state index in [9.17, 15) is 9.90 Å². The molecule has 1 amide bonds. The zero-order valence-electron chi connectivity index (χ0n) is 17.8. The lowest BCUT2D eigenvalue weighted by atomic mass is 9.94. The molecule has 31 heavy (non-hydrogen) atoms. The molecule has 0 aliphatic carbocycles. The highest BCUT2D eigenvalue weighted by Crippen LogP contribution is 2.34. The molecule has 2 aliphatic heterocycles. The van der Waals surface area contributed by atoms with Gasteiger partial charge >= 0.3 is 0 Å². The number of amides is 1. The predicted octanol–water partition coefficient (Wildman–Crippen LogP) is 2.70. The van der Waals surface area contributed by atoms with Gasteiger partial charge in [-0.25, -0.2) is 4.98 Å². The van der Waals surface area contributed by atoms with Gasteiger partial charge < -0.3 is 19.6 Å². The molecule has 7 nitrogen and oxygen atoms in total. The molecule has 162 valence electrons. The number of anilines is 1. The Morgan fingerprint density at radius 3 is 2.68 bits per heavy atom. The van der Waals surface area contributed by atoms with Crippen LogP contribution in [0, 0.1) is 11.3 Å². The molecule has 2 aromatic rings. The van der Waals surface area contributed by atoms with Crippen molar-refractivity contribution in [2.24, 2.45) is 0 Å². The molecule has 0 radical (unpaired) electrons. The van der Waals surface area contributed by atoms with Crippen LogP contribution < -0.4 is 9.64 Å². The Kier molecular flexibility index (Phi) is 6.38. The summed E-state index contributed by atoms with van der Waals surface area (Å²) in [5.41, 5.74) is 1.55. The van der Waals surface area contributed by atoms with Gasteiger partial charge in [0.2, 0.25) is 5.91 Å². The van der Waals surface area contributed by atoms with Crippen molar-refractivity contribution in [2.75, 3.05) is 31.7 Å². The third-order valence-corrected chi connectivity index (χ3v) is 6.47. The number of carbonyl (C=O) groups excluding carboxylic acids is 1. The molecule has 1 aromatic carbocycles. The fourth-order valence-electron chi connectivity index (χ4n) is 4.80. The van der Waals surface area contributed by atoms with Crippen LogP contribution in [0.15, 0.2) is 42.6 Å². The minimum absolute atomic E-state index is 0.00381. The topological polar surface area (TPSA) is 89.7 Å². The lowest BCUT2D eigenvalue weighted by Crippen LogP contribution is -2.55. The van der Waals surface area contributed by atoms with Crippen molar-refractivity contribution in [1.29, 1.82) is 5.26 Å². The molecule has 1 N–H and O–H groups in total. The van der Waals surface area contributed by atoms with Gasteiger partial charge in [-0.2, -0.15) is 5.26 Å². The van der Waals surface area contributed by atoms with E-state index >= 15 is 0 Å². The second-order valence-electron chi connectivity index (χ2n) is 8.30. The van der Waals surface area contributed by atoms with E-state index < -0.39 is 0 Å². The summed E-state index contributed by atoms with van der Waals surface area (Å²) < 4.78 is 5.28. The first-order valence-corrected chi connectivity index (χ1v) is 10.8. The molecule has 2 fully saturated rings. The molecule has 3 atom stereocenters. The second-order valence-corrected chi connectivity index (χ2v) is 8.30. The first-order chi connectivity index (χ1) is 15.1. The highest BCUT2D eigenvalue weighted by Gasteiger charge is 2.41. The summed E-state index contributed by atoms with van der Waals surface area (Å²) in [6.45, 7) is 1.39. The van der Waals surface area contributed by atoms with Crippen molar-refractivity contribution in [3.63, 3.8) is 0 Å². The summed E-state index contributed by atoms with van der Waals surface area (Å²) in [6.07, 6.45) is 4.71. The summed E-state index contributed by atoms with van der Waals surface area (Å²) >= 11 is 0.